The Morgan fingerprint density at radius 3 is 1.93 bits per heavy atom. The monoisotopic (exact) mass is 230 g/mol. The van der Waals surface area contributed by atoms with Crippen molar-refractivity contribution in [1.82, 2.24) is 0 Å². The molecule has 1 atom stereocenters. The highest BCUT2D eigenvalue weighted by Crippen LogP contribution is 2.53. The summed E-state index contributed by atoms with van der Waals surface area (Å²) in [7, 11) is 0. The van der Waals surface area contributed by atoms with Crippen LogP contribution in [-0.4, -0.2) is 12.1 Å². The van der Waals surface area contributed by atoms with Crippen LogP contribution in [0.4, 0.5) is 22.0 Å². The first-order valence-corrected chi connectivity index (χ1v) is 5.03. The van der Waals surface area contributed by atoms with E-state index in [9.17, 15) is 22.0 Å². The van der Waals surface area contributed by atoms with E-state index in [0.717, 1.165) is 6.42 Å². The Bertz CT molecular complexity index is 228. The maximum atomic E-state index is 13.2. The maximum Gasteiger partial charge on any atom is 0.453 e. The second-order valence-electron chi connectivity index (χ2n) is 4.91. The van der Waals surface area contributed by atoms with Gasteiger partial charge in [0.1, 0.15) is 0 Å². The first-order chi connectivity index (χ1) is 6.59. The van der Waals surface area contributed by atoms with Crippen LogP contribution in [0.5, 0.6) is 0 Å². The van der Waals surface area contributed by atoms with Crippen LogP contribution in [0.25, 0.3) is 0 Å². The molecule has 5 heteroatoms. The summed E-state index contributed by atoms with van der Waals surface area (Å²) in [5.41, 5.74) is -0.933. The molecular weight excluding hydrogens is 215 g/mol. The predicted octanol–water partition coefficient (Wildman–Crippen LogP) is 4.40. The standard InChI is InChI=1S/C10H15F5/c1-8(2)6-4-3-5-7(8)9(11,12)10(13,14)15/h7H,3-6H2,1-2H3/t7-/m1/s1. The van der Waals surface area contributed by atoms with Gasteiger partial charge in [0.25, 0.3) is 0 Å². The number of hydrogen-bond donors (Lipinski definition) is 0. The SMILES string of the molecule is CC1(C)CCCC[C@H]1C(F)(F)C(F)(F)F. The molecule has 1 rings (SSSR count). The van der Waals surface area contributed by atoms with Gasteiger partial charge < -0.3 is 0 Å². The number of halogens is 5. The predicted molar refractivity (Wildman–Crippen MR) is 46.7 cm³/mol. The van der Waals surface area contributed by atoms with Crippen LogP contribution in [0, 0.1) is 11.3 Å². The Labute approximate surface area is 85.8 Å². The van der Waals surface area contributed by atoms with Crippen molar-refractivity contribution in [2.45, 2.75) is 51.6 Å². The minimum atomic E-state index is -5.42. The molecule has 0 saturated heterocycles. The van der Waals surface area contributed by atoms with Gasteiger partial charge in [-0.3, -0.25) is 0 Å². The normalized spacial score (nSPS) is 27.8. The molecule has 0 amide bonds. The van der Waals surface area contributed by atoms with E-state index in [0.29, 0.717) is 12.8 Å². The zero-order valence-electron chi connectivity index (χ0n) is 8.80. The van der Waals surface area contributed by atoms with Crippen LogP contribution >= 0.6 is 0 Å². The number of alkyl halides is 5. The third-order valence-electron chi connectivity index (χ3n) is 3.32. The van der Waals surface area contributed by atoms with Gasteiger partial charge in [-0.2, -0.15) is 22.0 Å². The van der Waals surface area contributed by atoms with E-state index in [1.54, 1.807) is 0 Å². The fraction of sp³-hybridized carbons (Fsp3) is 1.00. The summed E-state index contributed by atoms with van der Waals surface area (Å²) in [5.74, 6) is -6.14. The van der Waals surface area contributed by atoms with Crippen LogP contribution in [0.1, 0.15) is 39.5 Å². The third-order valence-corrected chi connectivity index (χ3v) is 3.32. The van der Waals surface area contributed by atoms with Crippen molar-refractivity contribution in [2.24, 2.45) is 11.3 Å². The molecule has 0 aromatic rings. The molecule has 0 radical (unpaired) electrons. The molecule has 1 saturated carbocycles. The fourth-order valence-electron chi connectivity index (χ4n) is 2.36. The highest BCUT2D eigenvalue weighted by Gasteiger charge is 2.65. The zero-order valence-corrected chi connectivity index (χ0v) is 8.80. The zero-order chi connectivity index (χ0) is 11.9. The number of hydrogen-bond acceptors (Lipinski definition) is 0. The van der Waals surface area contributed by atoms with E-state index in [1.807, 2.05) is 0 Å². The molecule has 0 bridgehead atoms. The lowest BCUT2D eigenvalue weighted by Gasteiger charge is -2.43. The molecule has 90 valence electrons. The fourth-order valence-corrected chi connectivity index (χ4v) is 2.36. The molecule has 0 nitrogen and oxygen atoms in total. The topological polar surface area (TPSA) is 0 Å². The summed E-state index contributed by atoms with van der Waals surface area (Å²) >= 11 is 0. The van der Waals surface area contributed by atoms with Gasteiger partial charge in [-0.05, 0) is 18.3 Å². The van der Waals surface area contributed by atoms with Gasteiger partial charge >= 0.3 is 12.1 Å². The third kappa shape index (κ3) is 2.26. The Kier molecular flexibility index (Phi) is 3.05. The van der Waals surface area contributed by atoms with Crippen molar-refractivity contribution in [1.29, 1.82) is 0 Å². The van der Waals surface area contributed by atoms with Gasteiger partial charge in [0.05, 0.1) is 0 Å². The van der Waals surface area contributed by atoms with E-state index in [2.05, 4.69) is 0 Å². The van der Waals surface area contributed by atoms with E-state index < -0.39 is 23.4 Å². The lowest BCUT2D eigenvalue weighted by Crippen LogP contribution is -2.50. The van der Waals surface area contributed by atoms with Crippen molar-refractivity contribution in [3.8, 4) is 0 Å². The largest absolute Gasteiger partial charge is 0.453 e. The highest BCUT2D eigenvalue weighted by molar-refractivity contribution is 4.94. The van der Waals surface area contributed by atoms with E-state index in [-0.39, 0.29) is 6.42 Å². The molecule has 1 aliphatic carbocycles. The van der Waals surface area contributed by atoms with Gasteiger partial charge in [0, 0.05) is 5.92 Å². The highest BCUT2D eigenvalue weighted by atomic mass is 19.4. The summed E-state index contributed by atoms with van der Waals surface area (Å²) in [6.07, 6.45) is -3.84. The van der Waals surface area contributed by atoms with Crippen molar-refractivity contribution < 1.29 is 22.0 Å². The van der Waals surface area contributed by atoms with E-state index in [4.69, 9.17) is 0 Å². The molecule has 0 aliphatic heterocycles. The van der Waals surface area contributed by atoms with Crippen molar-refractivity contribution in [2.75, 3.05) is 0 Å². The molecule has 0 heterocycles. The molecule has 0 aromatic heterocycles. The number of rotatable bonds is 1. The summed E-state index contributed by atoms with van der Waals surface area (Å²) in [6.45, 7) is 2.99. The maximum absolute atomic E-state index is 13.2. The van der Waals surface area contributed by atoms with E-state index >= 15 is 0 Å². The van der Waals surface area contributed by atoms with Crippen molar-refractivity contribution >= 4 is 0 Å². The van der Waals surface area contributed by atoms with Crippen LogP contribution in [-0.2, 0) is 0 Å². The summed E-state index contributed by atoms with van der Waals surface area (Å²) in [5, 5.41) is 0. The molecule has 0 N–H and O–H groups in total. The average molecular weight is 230 g/mol. The van der Waals surface area contributed by atoms with Crippen LogP contribution < -0.4 is 0 Å². The second-order valence-corrected chi connectivity index (χ2v) is 4.91. The summed E-state index contributed by atoms with van der Waals surface area (Å²) in [6, 6.07) is 0. The molecule has 0 aromatic carbocycles. The van der Waals surface area contributed by atoms with Gasteiger partial charge in [0.15, 0.2) is 0 Å². The van der Waals surface area contributed by atoms with Gasteiger partial charge in [-0.15, -0.1) is 0 Å². The molecule has 1 aliphatic rings. The molecule has 0 unspecified atom stereocenters. The van der Waals surface area contributed by atoms with E-state index in [1.165, 1.54) is 13.8 Å². The van der Waals surface area contributed by atoms with Gasteiger partial charge in [0.2, 0.25) is 0 Å². The average Bonchev–Trinajstić information content (AvgIpc) is 2.00. The minimum absolute atomic E-state index is 0.0422. The van der Waals surface area contributed by atoms with Gasteiger partial charge in [-0.25, -0.2) is 0 Å². The first-order valence-electron chi connectivity index (χ1n) is 5.03. The molecule has 15 heavy (non-hydrogen) atoms. The van der Waals surface area contributed by atoms with Crippen LogP contribution in [0.3, 0.4) is 0 Å². The Balaban J connectivity index is 2.94. The van der Waals surface area contributed by atoms with Crippen LogP contribution in [0.15, 0.2) is 0 Å². The lowest BCUT2D eigenvalue weighted by molar-refractivity contribution is -0.317. The molecule has 0 spiro atoms. The first kappa shape index (κ1) is 12.7. The second kappa shape index (κ2) is 3.59. The molecular formula is C10H15F5. The van der Waals surface area contributed by atoms with Crippen LogP contribution in [0.2, 0.25) is 0 Å². The minimum Gasteiger partial charge on any atom is -0.196 e. The Hall–Kier alpha value is -0.350. The Morgan fingerprint density at radius 2 is 1.53 bits per heavy atom. The van der Waals surface area contributed by atoms with Crippen molar-refractivity contribution in [3.63, 3.8) is 0 Å². The smallest absolute Gasteiger partial charge is 0.196 e. The summed E-state index contributed by atoms with van der Waals surface area (Å²) < 4.78 is 63.0. The Morgan fingerprint density at radius 1 is 1.00 bits per heavy atom. The lowest BCUT2D eigenvalue weighted by atomic mass is 9.66. The summed E-state index contributed by atoms with van der Waals surface area (Å²) in [4.78, 5) is 0. The van der Waals surface area contributed by atoms with Gasteiger partial charge in [-0.1, -0.05) is 26.7 Å². The molecule has 1 fully saturated rings. The van der Waals surface area contributed by atoms with Crippen molar-refractivity contribution in [3.05, 3.63) is 0 Å². The quantitative estimate of drug-likeness (QED) is 0.585.